The Morgan fingerprint density at radius 1 is 1.40 bits per heavy atom. The molecule has 7 nitrogen and oxygen atoms in total. The maximum atomic E-state index is 11.2. The molecule has 110 valence electrons. The highest BCUT2D eigenvalue weighted by atomic mass is 16.6. The number of ether oxygens (including phenoxy) is 2. The van der Waals surface area contributed by atoms with Crippen LogP contribution < -0.4 is 10.1 Å². The van der Waals surface area contributed by atoms with E-state index in [0.717, 1.165) is 0 Å². The fraction of sp³-hybridized carbons (Fsp3) is 0.462. The van der Waals surface area contributed by atoms with E-state index in [0.29, 0.717) is 11.4 Å². The van der Waals surface area contributed by atoms with Crippen LogP contribution in [0.1, 0.15) is 20.8 Å². The summed E-state index contributed by atoms with van der Waals surface area (Å²) < 4.78 is 10.2. The molecule has 0 aliphatic rings. The SMILES string of the molecule is CCOC(=O)CNc1cc(OC(C)C)cc([N+](=O)[O-])c1. The summed E-state index contributed by atoms with van der Waals surface area (Å²) in [6, 6.07) is 4.29. The van der Waals surface area contributed by atoms with Crippen LogP contribution in [0.5, 0.6) is 5.75 Å². The summed E-state index contributed by atoms with van der Waals surface area (Å²) in [6.07, 6.45) is -0.102. The molecule has 0 heterocycles. The second kappa shape index (κ2) is 7.32. The highest BCUT2D eigenvalue weighted by Gasteiger charge is 2.12. The molecule has 0 amide bonds. The molecular weight excluding hydrogens is 264 g/mol. The normalized spacial score (nSPS) is 10.2. The number of hydrogen-bond donors (Lipinski definition) is 1. The van der Waals surface area contributed by atoms with Gasteiger partial charge in [0.1, 0.15) is 12.3 Å². The first kappa shape index (κ1) is 15.7. The fourth-order valence-corrected chi connectivity index (χ4v) is 1.52. The molecule has 0 spiro atoms. The van der Waals surface area contributed by atoms with Gasteiger partial charge in [0, 0.05) is 17.8 Å². The minimum atomic E-state index is -0.511. The third-order valence-corrected chi connectivity index (χ3v) is 2.22. The Balaban J connectivity index is 2.85. The number of carbonyl (C=O) groups is 1. The Morgan fingerprint density at radius 2 is 2.10 bits per heavy atom. The van der Waals surface area contributed by atoms with E-state index in [-0.39, 0.29) is 24.9 Å². The van der Waals surface area contributed by atoms with Gasteiger partial charge in [-0.05, 0) is 20.8 Å². The van der Waals surface area contributed by atoms with Gasteiger partial charge in [-0.3, -0.25) is 14.9 Å². The topological polar surface area (TPSA) is 90.7 Å². The van der Waals surface area contributed by atoms with Crippen LogP contribution in [0, 0.1) is 10.1 Å². The van der Waals surface area contributed by atoms with Crippen molar-refractivity contribution in [2.24, 2.45) is 0 Å². The number of nitrogens with one attached hydrogen (secondary N) is 1. The number of carbonyl (C=O) groups excluding carboxylic acids is 1. The lowest BCUT2D eigenvalue weighted by atomic mass is 10.2. The van der Waals surface area contributed by atoms with Gasteiger partial charge < -0.3 is 14.8 Å². The molecule has 0 unspecified atom stereocenters. The Hall–Kier alpha value is -2.31. The van der Waals surface area contributed by atoms with Crippen molar-refractivity contribution in [3.05, 3.63) is 28.3 Å². The van der Waals surface area contributed by atoms with Gasteiger partial charge in [-0.2, -0.15) is 0 Å². The predicted molar refractivity (Wildman–Crippen MR) is 74.0 cm³/mol. The van der Waals surface area contributed by atoms with E-state index in [4.69, 9.17) is 9.47 Å². The lowest BCUT2D eigenvalue weighted by Crippen LogP contribution is -2.17. The largest absolute Gasteiger partial charge is 0.491 e. The van der Waals surface area contributed by atoms with Gasteiger partial charge in [-0.1, -0.05) is 0 Å². The molecule has 7 heteroatoms. The van der Waals surface area contributed by atoms with Gasteiger partial charge in [0.05, 0.1) is 23.7 Å². The van der Waals surface area contributed by atoms with E-state index >= 15 is 0 Å². The Morgan fingerprint density at radius 3 is 2.65 bits per heavy atom. The summed E-state index contributed by atoms with van der Waals surface area (Å²) in [5.74, 6) is -0.0501. The third kappa shape index (κ3) is 5.13. The number of nitro groups is 1. The second-order valence-corrected chi connectivity index (χ2v) is 4.30. The zero-order valence-electron chi connectivity index (χ0n) is 11.7. The van der Waals surface area contributed by atoms with Crippen LogP contribution in [0.15, 0.2) is 18.2 Å². The first-order valence-corrected chi connectivity index (χ1v) is 6.28. The molecule has 0 saturated heterocycles. The number of nitro benzene ring substituents is 1. The predicted octanol–water partition coefficient (Wildman–Crippen LogP) is 2.36. The van der Waals surface area contributed by atoms with E-state index in [1.54, 1.807) is 13.0 Å². The molecule has 1 aromatic rings. The number of esters is 1. The number of benzene rings is 1. The molecule has 0 fully saturated rings. The quantitative estimate of drug-likeness (QED) is 0.469. The van der Waals surface area contributed by atoms with Crippen molar-refractivity contribution >= 4 is 17.3 Å². The number of anilines is 1. The number of rotatable bonds is 7. The number of hydrogen-bond acceptors (Lipinski definition) is 6. The van der Waals surface area contributed by atoms with Gasteiger partial charge in [0.15, 0.2) is 0 Å². The van der Waals surface area contributed by atoms with Crippen LogP contribution in [0.3, 0.4) is 0 Å². The van der Waals surface area contributed by atoms with Crippen LogP contribution in [0.4, 0.5) is 11.4 Å². The van der Waals surface area contributed by atoms with E-state index in [9.17, 15) is 14.9 Å². The van der Waals surface area contributed by atoms with Crippen LogP contribution >= 0.6 is 0 Å². The monoisotopic (exact) mass is 282 g/mol. The zero-order chi connectivity index (χ0) is 15.1. The molecule has 0 aromatic heterocycles. The van der Waals surface area contributed by atoms with E-state index in [1.165, 1.54) is 12.1 Å². The highest BCUT2D eigenvalue weighted by Crippen LogP contribution is 2.26. The fourth-order valence-electron chi connectivity index (χ4n) is 1.52. The summed E-state index contributed by atoms with van der Waals surface area (Å²) in [7, 11) is 0. The first-order valence-electron chi connectivity index (χ1n) is 6.28. The third-order valence-electron chi connectivity index (χ3n) is 2.22. The van der Waals surface area contributed by atoms with Crippen LogP contribution in [-0.2, 0) is 9.53 Å². The maximum absolute atomic E-state index is 11.2. The first-order chi connectivity index (χ1) is 9.42. The molecule has 0 saturated carbocycles. The summed E-state index contributed by atoms with van der Waals surface area (Å²) in [5.41, 5.74) is 0.331. The van der Waals surface area contributed by atoms with Gasteiger partial charge >= 0.3 is 5.97 Å². The van der Waals surface area contributed by atoms with E-state index < -0.39 is 10.9 Å². The number of nitrogens with zero attached hydrogens (tertiary/aromatic N) is 1. The summed E-state index contributed by atoms with van der Waals surface area (Å²) in [6.45, 7) is 5.59. The van der Waals surface area contributed by atoms with Crippen LogP contribution in [0.2, 0.25) is 0 Å². The van der Waals surface area contributed by atoms with Crippen molar-refractivity contribution in [1.82, 2.24) is 0 Å². The smallest absolute Gasteiger partial charge is 0.325 e. The Bertz CT molecular complexity index is 488. The minimum absolute atomic E-state index is 0.0594. The number of non-ortho nitro benzene ring substituents is 1. The molecule has 0 radical (unpaired) electrons. The molecule has 20 heavy (non-hydrogen) atoms. The van der Waals surface area contributed by atoms with Crippen molar-refractivity contribution in [2.45, 2.75) is 26.9 Å². The van der Waals surface area contributed by atoms with Crippen molar-refractivity contribution in [2.75, 3.05) is 18.5 Å². The van der Waals surface area contributed by atoms with E-state index in [1.807, 2.05) is 13.8 Å². The summed E-state index contributed by atoms with van der Waals surface area (Å²) in [4.78, 5) is 21.6. The van der Waals surface area contributed by atoms with Gasteiger partial charge in [-0.25, -0.2) is 0 Å². The van der Waals surface area contributed by atoms with Gasteiger partial charge in [0.25, 0.3) is 5.69 Å². The molecule has 1 N–H and O–H groups in total. The average Bonchev–Trinajstić information content (AvgIpc) is 2.35. The molecule has 0 bridgehead atoms. The summed E-state index contributed by atoms with van der Waals surface area (Å²) >= 11 is 0. The lowest BCUT2D eigenvalue weighted by Gasteiger charge is -2.12. The molecular formula is C13H18N2O5. The van der Waals surface area contributed by atoms with E-state index in [2.05, 4.69) is 5.32 Å². The maximum Gasteiger partial charge on any atom is 0.325 e. The highest BCUT2D eigenvalue weighted by molar-refractivity contribution is 5.75. The van der Waals surface area contributed by atoms with Crippen LogP contribution in [0.25, 0.3) is 0 Å². The van der Waals surface area contributed by atoms with Crippen LogP contribution in [-0.4, -0.2) is 30.1 Å². The molecule has 1 aromatic carbocycles. The molecule has 0 aliphatic heterocycles. The standard InChI is InChI=1S/C13H18N2O5/c1-4-19-13(16)8-14-10-5-11(15(17)18)7-12(6-10)20-9(2)3/h5-7,9,14H,4,8H2,1-3H3. The van der Waals surface area contributed by atoms with Gasteiger partial charge in [-0.15, -0.1) is 0 Å². The molecule has 0 atom stereocenters. The second-order valence-electron chi connectivity index (χ2n) is 4.30. The average molecular weight is 282 g/mol. The van der Waals surface area contributed by atoms with Gasteiger partial charge in [0.2, 0.25) is 0 Å². The van der Waals surface area contributed by atoms with Crippen molar-refractivity contribution in [3.8, 4) is 5.75 Å². The molecule has 0 aliphatic carbocycles. The van der Waals surface area contributed by atoms with Crippen molar-refractivity contribution < 1.29 is 19.2 Å². The van der Waals surface area contributed by atoms with Crippen molar-refractivity contribution in [1.29, 1.82) is 0 Å². The Kier molecular flexibility index (Phi) is 5.76. The van der Waals surface area contributed by atoms with Crippen molar-refractivity contribution in [3.63, 3.8) is 0 Å². The Labute approximate surface area is 117 Å². The lowest BCUT2D eigenvalue weighted by molar-refractivity contribution is -0.384. The summed E-state index contributed by atoms with van der Waals surface area (Å²) in [5, 5.41) is 13.6. The molecule has 1 rings (SSSR count). The zero-order valence-corrected chi connectivity index (χ0v) is 11.7. The minimum Gasteiger partial charge on any atom is -0.491 e.